The van der Waals surface area contributed by atoms with E-state index in [2.05, 4.69) is 0 Å². The molecule has 0 atom stereocenters. The van der Waals surface area contributed by atoms with E-state index in [9.17, 15) is 28.7 Å². The Bertz CT molecular complexity index is 457. The highest BCUT2D eigenvalue weighted by Crippen LogP contribution is 2.64. The summed E-state index contributed by atoms with van der Waals surface area (Å²) in [5.41, 5.74) is 0. The lowest BCUT2D eigenvalue weighted by molar-refractivity contribution is -0.336. The lowest BCUT2D eigenvalue weighted by atomic mass is 10.1. The summed E-state index contributed by atoms with van der Waals surface area (Å²) in [5, 5.41) is 0. The minimum Gasteiger partial charge on any atom is -0.810 e. The molecule has 0 N–H and O–H groups in total. The summed E-state index contributed by atoms with van der Waals surface area (Å²) in [6, 6.07) is 0. The van der Waals surface area contributed by atoms with Crippen LogP contribution in [0.25, 0.3) is 0 Å². The van der Waals surface area contributed by atoms with Crippen molar-refractivity contribution in [2.75, 3.05) is 0 Å². The predicted octanol–water partition coefficient (Wildman–Crippen LogP) is 2.56. The Labute approximate surface area is 151 Å². The van der Waals surface area contributed by atoms with Crippen LogP contribution in [0.5, 0.6) is 0 Å². The maximum Gasteiger partial charge on any atom is 0.0324 e. The standard InChI is InChI=1S/C17H34O6P2/c1-3-5-7-9-11-13-15-17(24(18,19)20,25(21,22)23)16-14-12-10-8-6-4-2/h11-14H,3-10,15-16H2,1-2H3,(H2,18,19,20)(H2,21,22,23)/p-4/b13-11+,14-12+. The molecule has 0 amide bonds. The third-order valence-electron chi connectivity index (χ3n) is 4.19. The highest BCUT2D eigenvalue weighted by atomic mass is 31.2. The summed E-state index contributed by atoms with van der Waals surface area (Å²) in [6.45, 7) is 4.08. The van der Waals surface area contributed by atoms with Crippen molar-refractivity contribution in [3.05, 3.63) is 24.3 Å². The van der Waals surface area contributed by atoms with Gasteiger partial charge in [0.05, 0.1) is 0 Å². The SMILES string of the molecule is CCCCC/C=C/CC(C/C=C/CCCCC)(P(=O)([O-])[O-])P(=O)([O-])[O-]. The number of hydrogen-bond donors (Lipinski definition) is 0. The van der Waals surface area contributed by atoms with Crippen LogP contribution in [0.2, 0.25) is 0 Å². The minimum absolute atomic E-state index is 0.590. The minimum atomic E-state index is -5.64. The largest absolute Gasteiger partial charge is 0.810 e. The molecule has 0 radical (unpaired) electrons. The first kappa shape index (κ1) is 24.8. The maximum absolute atomic E-state index is 11.7. The Morgan fingerprint density at radius 2 is 1.04 bits per heavy atom. The van der Waals surface area contributed by atoms with Crippen molar-refractivity contribution in [3.63, 3.8) is 0 Å². The van der Waals surface area contributed by atoms with Crippen molar-refractivity contribution in [1.29, 1.82) is 0 Å². The molecule has 0 unspecified atom stereocenters. The Hall–Kier alpha value is -0.220. The van der Waals surface area contributed by atoms with Crippen LogP contribution in [0.4, 0.5) is 0 Å². The van der Waals surface area contributed by atoms with Gasteiger partial charge in [-0.15, -0.1) is 0 Å². The van der Waals surface area contributed by atoms with Crippen molar-refractivity contribution >= 4 is 15.2 Å². The summed E-state index contributed by atoms with van der Waals surface area (Å²) in [6.07, 6.45) is 11.9. The average molecular weight is 392 g/mol. The lowest BCUT2D eigenvalue weighted by Gasteiger charge is -2.59. The van der Waals surface area contributed by atoms with Gasteiger partial charge in [-0.2, -0.15) is 0 Å². The van der Waals surface area contributed by atoms with Crippen LogP contribution in [-0.4, -0.2) is 4.90 Å². The normalized spacial score (nSPS) is 14.0. The molecule has 25 heavy (non-hydrogen) atoms. The van der Waals surface area contributed by atoms with Gasteiger partial charge in [0, 0.05) is 4.90 Å². The van der Waals surface area contributed by atoms with Gasteiger partial charge in [-0.3, -0.25) is 0 Å². The summed E-state index contributed by atoms with van der Waals surface area (Å²) in [4.78, 5) is 43.8. The van der Waals surface area contributed by atoms with Crippen LogP contribution >= 0.6 is 15.2 Å². The Kier molecular flexibility index (Phi) is 12.1. The lowest BCUT2D eigenvalue weighted by Crippen LogP contribution is -2.45. The van der Waals surface area contributed by atoms with Crippen molar-refractivity contribution in [2.45, 2.75) is 83.0 Å². The van der Waals surface area contributed by atoms with Gasteiger partial charge >= 0.3 is 0 Å². The van der Waals surface area contributed by atoms with Gasteiger partial charge < -0.3 is 28.7 Å². The molecular weight excluding hydrogens is 362 g/mol. The van der Waals surface area contributed by atoms with Crippen LogP contribution in [0.1, 0.15) is 78.1 Å². The van der Waals surface area contributed by atoms with Crippen LogP contribution in [0.3, 0.4) is 0 Å². The fourth-order valence-electron chi connectivity index (χ4n) is 2.48. The molecule has 0 aromatic heterocycles. The summed E-state index contributed by atoms with van der Waals surface area (Å²) >= 11 is 0. The van der Waals surface area contributed by atoms with Crippen molar-refractivity contribution in [2.24, 2.45) is 0 Å². The van der Waals surface area contributed by atoms with Crippen molar-refractivity contribution in [1.82, 2.24) is 0 Å². The van der Waals surface area contributed by atoms with Gasteiger partial charge in [0.25, 0.3) is 0 Å². The van der Waals surface area contributed by atoms with E-state index < -0.39 is 32.9 Å². The van der Waals surface area contributed by atoms with E-state index >= 15 is 0 Å². The molecule has 0 heterocycles. The highest BCUT2D eigenvalue weighted by molar-refractivity contribution is 7.69. The van der Waals surface area contributed by atoms with E-state index in [0.717, 1.165) is 38.5 Å². The van der Waals surface area contributed by atoms with E-state index in [4.69, 9.17) is 0 Å². The van der Waals surface area contributed by atoms with Crippen LogP contribution in [0.15, 0.2) is 24.3 Å². The zero-order valence-electron chi connectivity index (χ0n) is 15.2. The molecule has 0 aromatic carbocycles. The molecule has 0 spiro atoms. The predicted molar refractivity (Wildman–Crippen MR) is 93.7 cm³/mol. The van der Waals surface area contributed by atoms with E-state index in [1.54, 1.807) is 12.2 Å². The Balaban J connectivity index is 5.15. The fourth-order valence-corrected chi connectivity index (χ4v) is 5.00. The van der Waals surface area contributed by atoms with E-state index in [1.807, 2.05) is 13.8 Å². The molecule has 6 nitrogen and oxygen atoms in total. The monoisotopic (exact) mass is 392 g/mol. The molecule has 0 aromatic rings. The molecule has 148 valence electrons. The molecular formula is C17H30O6P2-4. The number of rotatable bonds is 14. The fraction of sp³-hybridized carbons (Fsp3) is 0.765. The van der Waals surface area contributed by atoms with E-state index in [0.29, 0.717) is 12.8 Å². The summed E-state index contributed by atoms with van der Waals surface area (Å²) < 4.78 is 23.3. The summed E-state index contributed by atoms with van der Waals surface area (Å²) in [5.74, 6) is 0. The summed E-state index contributed by atoms with van der Waals surface area (Å²) in [7, 11) is -11.3. The second-order valence-corrected chi connectivity index (χ2v) is 10.4. The number of unbranched alkanes of at least 4 members (excludes halogenated alkanes) is 6. The van der Waals surface area contributed by atoms with Crippen molar-refractivity contribution in [3.8, 4) is 0 Å². The quantitative estimate of drug-likeness (QED) is 0.254. The van der Waals surface area contributed by atoms with E-state index in [1.165, 1.54) is 12.2 Å². The maximum atomic E-state index is 11.7. The Morgan fingerprint density at radius 3 is 1.32 bits per heavy atom. The first-order valence-electron chi connectivity index (χ1n) is 8.96. The number of allylic oxidation sites excluding steroid dienone is 4. The molecule has 8 heteroatoms. The van der Waals surface area contributed by atoms with Gasteiger partial charge in [0.15, 0.2) is 0 Å². The first-order valence-corrected chi connectivity index (χ1v) is 12.0. The average Bonchev–Trinajstić information content (AvgIpc) is 2.49. The molecule has 0 aliphatic rings. The van der Waals surface area contributed by atoms with Crippen LogP contribution in [0, 0.1) is 0 Å². The molecule has 0 rings (SSSR count). The first-order chi connectivity index (χ1) is 11.6. The van der Waals surface area contributed by atoms with E-state index in [-0.39, 0.29) is 0 Å². The zero-order valence-corrected chi connectivity index (χ0v) is 17.0. The smallest absolute Gasteiger partial charge is 0.0324 e. The van der Waals surface area contributed by atoms with Crippen molar-refractivity contribution < 1.29 is 28.7 Å². The second kappa shape index (κ2) is 12.2. The van der Waals surface area contributed by atoms with Gasteiger partial charge in [0.2, 0.25) is 0 Å². The molecule has 0 fully saturated rings. The van der Waals surface area contributed by atoms with Crippen LogP contribution in [-0.2, 0) is 9.13 Å². The van der Waals surface area contributed by atoms with Gasteiger partial charge in [-0.1, -0.05) is 79.0 Å². The molecule has 0 aliphatic heterocycles. The molecule has 0 saturated carbocycles. The second-order valence-electron chi connectivity index (χ2n) is 6.32. The molecule has 0 aliphatic carbocycles. The molecule has 0 bridgehead atoms. The third kappa shape index (κ3) is 8.81. The van der Waals surface area contributed by atoms with Gasteiger partial charge in [0.1, 0.15) is 0 Å². The zero-order chi connectivity index (χ0) is 19.4. The van der Waals surface area contributed by atoms with Gasteiger partial charge in [-0.25, -0.2) is 0 Å². The Morgan fingerprint density at radius 1 is 0.680 bits per heavy atom. The third-order valence-corrected chi connectivity index (χ3v) is 8.43. The van der Waals surface area contributed by atoms with Crippen LogP contribution < -0.4 is 19.6 Å². The number of hydrogen-bond acceptors (Lipinski definition) is 6. The molecule has 0 saturated heterocycles. The van der Waals surface area contributed by atoms with Gasteiger partial charge in [-0.05, 0) is 38.5 Å². The topological polar surface area (TPSA) is 126 Å². The highest BCUT2D eigenvalue weighted by Gasteiger charge is 2.35.